The normalized spacial score (nSPS) is 10.3. The van der Waals surface area contributed by atoms with E-state index in [2.05, 4.69) is 15.3 Å². The number of halogens is 1. The SMILES string of the molecule is O=[N+]([O-])c1cc(F)cc(NCCc2ncc[nH]2)c1. The number of nitro groups is 1. The molecule has 0 amide bonds. The first kappa shape index (κ1) is 12.0. The standard InChI is InChI=1S/C11H11FN4O2/c12-8-5-9(7-10(6-8)16(17)18)13-2-1-11-14-3-4-15-11/h3-7,13H,1-2H2,(H,14,15). The van der Waals surface area contributed by atoms with Crippen molar-refractivity contribution < 1.29 is 9.31 Å². The fourth-order valence-corrected chi connectivity index (χ4v) is 1.54. The number of H-pyrrole nitrogens is 1. The molecule has 0 bridgehead atoms. The van der Waals surface area contributed by atoms with Gasteiger partial charge in [0.1, 0.15) is 11.6 Å². The van der Waals surface area contributed by atoms with Crippen molar-refractivity contribution in [2.45, 2.75) is 6.42 Å². The Balaban J connectivity index is 1.98. The number of nitrogens with one attached hydrogen (secondary N) is 2. The number of hydrogen-bond acceptors (Lipinski definition) is 4. The minimum Gasteiger partial charge on any atom is -0.384 e. The first-order valence-electron chi connectivity index (χ1n) is 5.32. The fourth-order valence-electron chi connectivity index (χ4n) is 1.54. The van der Waals surface area contributed by atoms with E-state index in [1.165, 1.54) is 12.1 Å². The van der Waals surface area contributed by atoms with Crippen molar-refractivity contribution in [2.75, 3.05) is 11.9 Å². The predicted molar refractivity (Wildman–Crippen MR) is 63.8 cm³/mol. The molecule has 0 atom stereocenters. The lowest BCUT2D eigenvalue weighted by molar-refractivity contribution is -0.385. The van der Waals surface area contributed by atoms with Gasteiger partial charge in [-0.05, 0) is 6.07 Å². The first-order valence-corrected chi connectivity index (χ1v) is 5.32. The molecule has 2 aromatic rings. The van der Waals surface area contributed by atoms with Crippen molar-refractivity contribution in [3.05, 3.63) is 52.3 Å². The van der Waals surface area contributed by atoms with Crippen LogP contribution in [0, 0.1) is 15.9 Å². The molecule has 0 radical (unpaired) electrons. The number of nitrogens with zero attached hydrogens (tertiary/aromatic N) is 2. The summed E-state index contributed by atoms with van der Waals surface area (Å²) < 4.78 is 13.1. The van der Waals surface area contributed by atoms with Crippen LogP contribution in [-0.4, -0.2) is 21.4 Å². The van der Waals surface area contributed by atoms with E-state index in [0.29, 0.717) is 18.7 Å². The minimum absolute atomic E-state index is 0.268. The maximum Gasteiger partial charge on any atom is 0.274 e. The summed E-state index contributed by atoms with van der Waals surface area (Å²) in [6.07, 6.45) is 3.97. The van der Waals surface area contributed by atoms with Crippen LogP contribution in [0.15, 0.2) is 30.6 Å². The van der Waals surface area contributed by atoms with Crippen molar-refractivity contribution in [3.8, 4) is 0 Å². The maximum absolute atomic E-state index is 13.1. The lowest BCUT2D eigenvalue weighted by Gasteiger charge is -2.05. The van der Waals surface area contributed by atoms with Crippen molar-refractivity contribution in [1.29, 1.82) is 0 Å². The second kappa shape index (κ2) is 5.26. The average molecular weight is 250 g/mol. The first-order chi connectivity index (χ1) is 8.65. The van der Waals surface area contributed by atoms with Gasteiger partial charge in [-0.2, -0.15) is 0 Å². The Morgan fingerprint density at radius 2 is 2.28 bits per heavy atom. The van der Waals surface area contributed by atoms with Gasteiger partial charge in [0.2, 0.25) is 0 Å². The summed E-state index contributed by atoms with van der Waals surface area (Å²) in [5.74, 6) is 0.165. The number of aromatic nitrogens is 2. The lowest BCUT2D eigenvalue weighted by atomic mass is 10.2. The summed E-state index contributed by atoms with van der Waals surface area (Å²) in [6.45, 7) is 0.508. The summed E-state index contributed by atoms with van der Waals surface area (Å²) in [5.41, 5.74) is 0.115. The third kappa shape index (κ3) is 3.03. The molecule has 7 heteroatoms. The highest BCUT2D eigenvalue weighted by Crippen LogP contribution is 2.19. The van der Waals surface area contributed by atoms with Crippen LogP contribution in [0.5, 0.6) is 0 Å². The van der Waals surface area contributed by atoms with E-state index >= 15 is 0 Å². The number of benzene rings is 1. The molecule has 0 fully saturated rings. The van der Waals surface area contributed by atoms with Crippen LogP contribution in [0.3, 0.4) is 0 Å². The number of nitro benzene ring substituents is 1. The van der Waals surface area contributed by atoms with E-state index in [0.717, 1.165) is 11.9 Å². The quantitative estimate of drug-likeness (QED) is 0.628. The molecule has 2 rings (SSSR count). The number of hydrogen-bond donors (Lipinski definition) is 2. The molecule has 0 saturated carbocycles. The van der Waals surface area contributed by atoms with E-state index in [4.69, 9.17) is 0 Å². The summed E-state index contributed by atoms with van der Waals surface area (Å²) in [5, 5.41) is 13.5. The lowest BCUT2D eigenvalue weighted by Crippen LogP contribution is -2.06. The molecule has 0 aliphatic carbocycles. The number of imidazole rings is 1. The molecule has 1 heterocycles. The van der Waals surface area contributed by atoms with Gasteiger partial charge in [-0.25, -0.2) is 9.37 Å². The zero-order valence-electron chi connectivity index (χ0n) is 9.39. The van der Waals surface area contributed by atoms with Gasteiger partial charge in [0.05, 0.1) is 11.0 Å². The van der Waals surface area contributed by atoms with Crippen LogP contribution < -0.4 is 5.32 Å². The Kier molecular flexibility index (Phi) is 3.52. The molecule has 0 unspecified atom stereocenters. The molecule has 0 aliphatic rings. The molecule has 0 saturated heterocycles. The second-order valence-corrected chi connectivity index (χ2v) is 3.67. The monoisotopic (exact) mass is 250 g/mol. The predicted octanol–water partition coefficient (Wildman–Crippen LogP) is 2.11. The van der Waals surface area contributed by atoms with Gasteiger partial charge in [0, 0.05) is 37.1 Å². The molecule has 0 aliphatic heterocycles. The van der Waals surface area contributed by atoms with E-state index in [1.54, 1.807) is 12.4 Å². The molecule has 0 spiro atoms. The van der Waals surface area contributed by atoms with E-state index in [1.807, 2.05) is 0 Å². The number of anilines is 1. The third-order valence-corrected chi connectivity index (χ3v) is 2.34. The van der Waals surface area contributed by atoms with Gasteiger partial charge < -0.3 is 10.3 Å². The van der Waals surface area contributed by atoms with E-state index in [-0.39, 0.29) is 5.69 Å². The molecular weight excluding hydrogens is 239 g/mol. The van der Waals surface area contributed by atoms with Crippen LogP contribution in [-0.2, 0) is 6.42 Å². The zero-order valence-corrected chi connectivity index (χ0v) is 9.39. The van der Waals surface area contributed by atoms with Gasteiger partial charge in [0.25, 0.3) is 5.69 Å². The Hall–Kier alpha value is -2.44. The second-order valence-electron chi connectivity index (χ2n) is 3.67. The van der Waals surface area contributed by atoms with Crippen LogP contribution >= 0.6 is 0 Å². The Bertz CT molecular complexity index is 542. The molecule has 1 aromatic carbocycles. The van der Waals surface area contributed by atoms with Crippen molar-refractivity contribution in [1.82, 2.24) is 9.97 Å². The van der Waals surface area contributed by atoms with Crippen molar-refractivity contribution in [2.24, 2.45) is 0 Å². The molecule has 18 heavy (non-hydrogen) atoms. The Morgan fingerprint density at radius 3 is 2.94 bits per heavy atom. The third-order valence-electron chi connectivity index (χ3n) is 2.34. The average Bonchev–Trinajstić information content (AvgIpc) is 2.81. The van der Waals surface area contributed by atoms with Gasteiger partial charge >= 0.3 is 0 Å². The Labute approximate surface area is 102 Å². The molecule has 2 N–H and O–H groups in total. The molecule has 6 nitrogen and oxygen atoms in total. The van der Waals surface area contributed by atoms with Gasteiger partial charge in [0.15, 0.2) is 0 Å². The number of aromatic amines is 1. The summed E-state index contributed by atoms with van der Waals surface area (Å²) >= 11 is 0. The van der Waals surface area contributed by atoms with Crippen LogP contribution in [0.2, 0.25) is 0 Å². The molecule has 1 aromatic heterocycles. The van der Waals surface area contributed by atoms with Crippen LogP contribution in [0.4, 0.5) is 15.8 Å². The Morgan fingerprint density at radius 1 is 1.44 bits per heavy atom. The van der Waals surface area contributed by atoms with E-state index < -0.39 is 10.7 Å². The van der Waals surface area contributed by atoms with Crippen molar-refractivity contribution >= 4 is 11.4 Å². The van der Waals surface area contributed by atoms with Gasteiger partial charge in [-0.15, -0.1) is 0 Å². The van der Waals surface area contributed by atoms with Crippen LogP contribution in [0.1, 0.15) is 5.82 Å². The highest BCUT2D eigenvalue weighted by atomic mass is 19.1. The zero-order chi connectivity index (χ0) is 13.0. The van der Waals surface area contributed by atoms with Crippen LogP contribution in [0.25, 0.3) is 0 Å². The summed E-state index contributed by atoms with van der Waals surface area (Å²) in [4.78, 5) is 16.9. The highest BCUT2D eigenvalue weighted by Gasteiger charge is 2.09. The number of rotatable bonds is 5. The smallest absolute Gasteiger partial charge is 0.274 e. The molecule has 94 valence electrons. The largest absolute Gasteiger partial charge is 0.384 e. The topological polar surface area (TPSA) is 83.8 Å². The highest BCUT2D eigenvalue weighted by molar-refractivity contribution is 5.51. The minimum atomic E-state index is -0.635. The van der Waals surface area contributed by atoms with Gasteiger partial charge in [-0.1, -0.05) is 0 Å². The maximum atomic E-state index is 13.1. The fraction of sp³-hybridized carbons (Fsp3) is 0.182. The summed E-state index contributed by atoms with van der Waals surface area (Å²) in [6, 6.07) is 3.40. The van der Waals surface area contributed by atoms with E-state index in [9.17, 15) is 14.5 Å². The van der Waals surface area contributed by atoms with Gasteiger partial charge in [-0.3, -0.25) is 10.1 Å². The molecular formula is C11H11FN4O2. The van der Waals surface area contributed by atoms with Crippen molar-refractivity contribution in [3.63, 3.8) is 0 Å². The number of non-ortho nitro benzene ring substituents is 1. The summed E-state index contributed by atoms with van der Waals surface area (Å²) in [7, 11) is 0.